The Labute approximate surface area is 119 Å². The van der Waals surface area contributed by atoms with E-state index in [9.17, 15) is 0 Å². The molecule has 1 heterocycles. The molecule has 0 saturated heterocycles. The van der Waals surface area contributed by atoms with Gasteiger partial charge in [0.05, 0.1) is 0 Å². The third kappa shape index (κ3) is 2.63. The summed E-state index contributed by atoms with van der Waals surface area (Å²) in [7, 11) is 0. The SMILES string of the molecule is CSC1CCCCC1NC1CCCc2sccc21. The molecule has 0 spiro atoms. The van der Waals surface area contributed by atoms with Crippen molar-refractivity contribution in [1.82, 2.24) is 5.32 Å². The first-order valence-corrected chi connectivity index (χ1v) is 9.40. The minimum absolute atomic E-state index is 0.637. The number of rotatable bonds is 3. The fraction of sp³-hybridized carbons (Fsp3) is 0.733. The lowest BCUT2D eigenvalue weighted by Crippen LogP contribution is -2.43. The molecule has 1 saturated carbocycles. The van der Waals surface area contributed by atoms with E-state index in [0.29, 0.717) is 6.04 Å². The molecule has 0 aromatic carbocycles. The maximum atomic E-state index is 3.99. The first-order valence-electron chi connectivity index (χ1n) is 7.23. The molecule has 1 fully saturated rings. The van der Waals surface area contributed by atoms with Crippen molar-refractivity contribution in [3.63, 3.8) is 0 Å². The van der Waals surface area contributed by atoms with Gasteiger partial charge >= 0.3 is 0 Å². The molecule has 0 amide bonds. The summed E-state index contributed by atoms with van der Waals surface area (Å²) in [5.41, 5.74) is 1.61. The third-order valence-corrected chi connectivity index (χ3v) is 6.64. The summed E-state index contributed by atoms with van der Waals surface area (Å²) in [5.74, 6) is 0. The molecule has 0 aliphatic heterocycles. The van der Waals surface area contributed by atoms with Crippen LogP contribution in [0.1, 0.15) is 55.0 Å². The molecular formula is C15H23NS2. The van der Waals surface area contributed by atoms with Crippen LogP contribution in [0.15, 0.2) is 11.4 Å². The highest BCUT2D eigenvalue weighted by molar-refractivity contribution is 7.99. The van der Waals surface area contributed by atoms with Gasteiger partial charge in [-0.3, -0.25) is 0 Å². The third-order valence-electron chi connectivity index (χ3n) is 4.47. The van der Waals surface area contributed by atoms with Gasteiger partial charge in [0.15, 0.2) is 0 Å². The van der Waals surface area contributed by atoms with Crippen LogP contribution in [0.5, 0.6) is 0 Å². The van der Waals surface area contributed by atoms with Gasteiger partial charge in [-0.2, -0.15) is 11.8 Å². The summed E-state index contributed by atoms with van der Waals surface area (Å²) in [6.07, 6.45) is 11.9. The monoisotopic (exact) mass is 281 g/mol. The minimum atomic E-state index is 0.637. The predicted octanol–water partition coefficient (Wildman–Crippen LogP) is 4.39. The van der Waals surface area contributed by atoms with Crippen molar-refractivity contribution < 1.29 is 0 Å². The van der Waals surface area contributed by atoms with Crippen molar-refractivity contribution in [2.75, 3.05) is 6.26 Å². The highest BCUT2D eigenvalue weighted by Crippen LogP contribution is 2.36. The molecular weight excluding hydrogens is 258 g/mol. The zero-order chi connectivity index (χ0) is 12.4. The molecule has 1 N–H and O–H groups in total. The van der Waals surface area contributed by atoms with Crippen LogP contribution < -0.4 is 5.32 Å². The molecule has 2 aliphatic rings. The summed E-state index contributed by atoms with van der Waals surface area (Å²) in [6, 6.07) is 3.73. The quantitative estimate of drug-likeness (QED) is 0.882. The molecule has 1 nitrogen and oxygen atoms in total. The van der Waals surface area contributed by atoms with Crippen LogP contribution in [-0.4, -0.2) is 17.5 Å². The van der Waals surface area contributed by atoms with E-state index < -0.39 is 0 Å². The van der Waals surface area contributed by atoms with E-state index in [-0.39, 0.29) is 0 Å². The van der Waals surface area contributed by atoms with Crippen molar-refractivity contribution in [3.05, 3.63) is 21.9 Å². The van der Waals surface area contributed by atoms with E-state index in [4.69, 9.17) is 0 Å². The summed E-state index contributed by atoms with van der Waals surface area (Å²) >= 11 is 4.02. The number of hydrogen-bond acceptors (Lipinski definition) is 3. The van der Waals surface area contributed by atoms with Gasteiger partial charge < -0.3 is 5.32 Å². The van der Waals surface area contributed by atoms with Crippen molar-refractivity contribution in [2.24, 2.45) is 0 Å². The Morgan fingerprint density at radius 1 is 1.22 bits per heavy atom. The fourth-order valence-electron chi connectivity index (χ4n) is 3.49. The molecule has 3 atom stereocenters. The largest absolute Gasteiger partial charge is 0.306 e. The van der Waals surface area contributed by atoms with E-state index in [2.05, 4.69) is 34.8 Å². The molecule has 100 valence electrons. The standard InChI is InChI=1S/C15H23NS2/c1-17-15-7-3-2-5-13(15)16-12-6-4-8-14-11(12)9-10-18-14/h9-10,12-13,15-16H,2-8H2,1H3. The summed E-state index contributed by atoms with van der Waals surface area (Å²) in [5, 5.41) is 7.10. The number of fused-ring (bicyclic) bond motifs is 1. The second-order valence-electron chi connectivity index (χ2n) is 5.58. The topological polar surface area (TPSA) is 12.0 Å². The average molecular weight is 281 g/mol. The van der Waals surface area contributed by atoms with Gasteiger partial charge in [-0.1, -0.05) is 12.8 Å². The van der Waals surface area contributed by atoms with Gasteiger partial charge in [0.1, 0.15) is 0 Å². The van der Waals surface area contributed by atoms with Crippen LogP contribution in [0, 0.1) is 0 Å². The number of aryl methyl sites for hydroxylation is 1. The molecule has 0 bridgehead atoms. The van der Waals surface area contributed by atoms with Crippen LogP contribution in [0.4, 0.5) is 0 Å². The Morgan fingerprint density at radius 2 is 2.11 bits per heavy atom. The second-order valence-corrected chi connectivity index (χ2v) is 7.65. The smallest absolute Gasteiger partial charge is 0.0334 e. The number of nitrogens with one attached hydrogen (secondary N) is 1. The lowest BCUT2D eigenvalue weighted by Gasteiger charge is -2.35. The van der Waals surface area contributed by atoms with Crippen molar-refractivity contribution in [2.45, 2.75) is 62.3 Å². The normalized spacial score (nSPS) is 32.2. The van der Waals surface area contributed by atoms with Gasteiger partial charge in [-0.05, 0) is 55.4 Å². The van der Waals surface area contributed by atoms with Gasteiger partial charge in [0, 0.05) is 22.2 Å². The molecule has 0 radical (unpaired) electrons. The highest BCUT2D eigenvalue weighted by atomic mass is 32.2. The molecule has 2 aliphatic carbocycles. The first-order chi connectivity index (χ1) is 8.88. The van der Waals surface area contributed by atoms with Crippen LogP contribution in [0.25, 0.3) is 0 Å². The Hall–Kier alpha value is 0.0100. The van der Waals surface area contributed by atoms with Gasteiger partial charge in [0.2, 0.25) is 0 Å². The molecule has 3 rings (SSSR count). The average Bonchev–Trinajstić information content (AvgIpc) is 2.89. The van der Waals surface area contributed by atoms with Crippen LogP contribution in [0.2, 0.25) is 0 Å². The zero-order valence-corrected chi connectivity index (χ0v) is 12.8. The van der Waals surface area contributed by atoms with E-state index in [0.717, 1.165) is 11.3 Å². The van der Waals surface area contributed by atoms with Gasteiger partial charge in [0.25, 0.3) is 0 Å². The predicted molar refractivity (Wildman–Crippen MR) is 82.7 cm³/mol. The Morgan fingerprint density at radius 3 is 3.00 bits per heavy atom. The lowest BCUT2D eigenvalue weighted by molar-refractivity contribution is 0.330. The van der Waals surface area contributed by atoms with E-state index >= 15 is 0 Å². The van der Waals surface area contributed by atoms with Crippen molar-refractivity contribution >= 4 is 23.1 Å². The van der Waals surface area contributed by atoms with Crippen molar-refractivity contribution in [3.8, 4) is 0 Å². The maximum Gasteiger partial charge on any atom is 0.0334 e. The Bertz CT molecular complexity index is 388. The van der Waals surface area contributed by atoms with Gasteiger partial charge in [-0.15, -0.1) is 11.3 Å². The zero-order valence-electron chi connectivity index (χ0n) is 11.2. The van der Waals surface area contributed by atoms with E-state index in [1.807, 2.05) is 11.3 Å². The fourth-order valence-corrected chi connectivity index (χ4v) is 5.42. The summed E-state index contributed by atoms with van der Waals surface area (Å²) in [4.78, 5) is 1.63. The molecule has 3 heteroatoms. The number of hydrogen-bond donors (Lipinski definition) is 1. The van der Waals surface area contributed by atoms with Gasteiger partial charge in [-0.25, -0.2) is 0 Å². The number of thiophene rings is 1. The second kappa shape index (κ2) is 5.98. The molecule has 1 aromatic rings. The van der Waals surface area contributed by atoms with E-state index in [1.54, 1.807) is 10.4 Å². The van der Waals surface area contributed by atoms with E-state index in [1.165, 1.54) is 44.9 Å². The van der Waals surface area contributed by atoms with Crippen LogP contribution >= 0.6 is 23.1 Å². The molecule has 3 unspecified atom stereocenters. The number of thioether (sulfide) groups is 1. The molecule has 1 aromatic heterocycles. The Balaban J connectivity index is 1.69. The maximum absolute atomic E-state index is 3.99. The van der Waals surface area contributed by atoms with Crippen LogP contribution in [0.3, 0.4) is 0 Å². The summed E-state index contributed by atoms with van der Waals surface area (Å²) < 4.78 is 0. The van der Waals surface area contributed by atoms with Crippen molar-refractivity contribution in [1.29, 1.82) is 0 Å². The summed E-state index contributed by atoms with van der Waals surface area (Å²) in [6.45, 7) is 0. The molecule has 18 heavy (non-hydrogen) atoms. The minimum Gasteiger partial charge on any atom is -0.306 e. The Kier molecular flexibility index (Phi) is 4.32. The first kappa shape index (κ1) is 13.0. The lowest BCUT2D eigenvalue weighted by atomic mass is 9.90. The van der Waals surface area contributed by atoms with Crippen LogP contribution in [-0.2, 0) is 6.42 Å². The highest BCUT2D eigenvalue weighted by Gasteiger charge is 2.29.